The topological polar surface area (TPSA) is 39.1 Å². The van der Waals surface area contributed by atoms with E-state index in [-0.39, 0.29) is 11.3 Å². The Hall–Kier alpha value is -1.38. The number of ketones is 1. The lowest BCUT2D eigenvalue weighted by Crippen LogP contribution is -2.31. The number of fused-ring (bicyclic) bond motifs is 1. The highest BCUT2D eigenvalue weighted by Gasteiger charge is 2.18. The fraction of sp³-hybridized carbons (Fsp3) is 0.600. The van der Waals surface area contributed by atoms with Crippen LogP contribution in [0.1, 0.15) is 61.1 Å². The van der Waals surface area contributed by atoms with Crippen molar-refractivity contribution in [2.75, 3.05) is 0 Å². The quantitative estimate of drug-likeness (QED) is 0.767. The standard InChI is InChI=1S/C15H21NO2/c1-3-4-9-16-14-8-6-5-7-12(14)10-13(11(2)17)15(16)18/h10H,3-9H2,1-2H3. The van der Waals surface area contributed by atoms with Gasteiger partial charge in [0.25, 0.3) is 5.56 Å². The summed E-state index contributed by atoms with van der Waals surface area (Å²) in [6, 6.07) is 1.83. The van der Waals surface area contributed by atoms with E-state index in [1.54, 1.807) is 0 Å². The van der Waals surface area contributed by atoms with Crippen LogP contribution in [-0.2, 0) is 19.4 Å². The zero-order chi connectivity index (χ0) is 13.1. The van der Waals surface area contributed by atoms with Gasteiger partial charge in [0.15, 0.2) is 5.78 Å². The van der Waals surface area contributed by atoms with Crippen LogP contribution in [0.15, 0.2) is 10.9 Å². The third kappa shape index (κ3) is 2.40. The van der Waals surface area contributed by atoms with Crippen molar-refractivity contribution < 1.29 is 4.79 Å². The Morgan fingerprint density at radius 3 is 2.72 bits per heavy atom. The summed E-state index contributed by atoms with van der Waals surface area (Å²) < 4.78 is 1.86. The predicted octanol–water partition coefficient (Wildman–Crippen LogP) is 2.73. The molecule has 0 saturated carbocycles. The summed E-state index contributed by atoms with van der Waals surface area (Å²) in [5.74, 6) is -0.112. The summed E-state index contributed by atoms with van der Waals surface area (Å²) in [4.78, 5) is 23.9. The molecule has 0 N–H and O–H groups in total. The third-order valence-corrected chi connectivity index (χ3v) is 3.71. The first-order chi connectivity index (χ1) is 8.65. The molecule has 98 valence electrons. The highest BCUT2D eigenvalue weighted by Crippen LogP contribution is 2.21. The van der Waals surface area contributed by atoms with Crippen molar-refractivity contribution in [2.45, 2.75) is 58.9 Å². The molecule has 3 heteroatoms. The van der Waals surface area contributed by atoms with Crippen LogP contribution in [0.4, 0.5) is 0 Å². The van der Waals surface area contributed by atoms with Gasteiger partial charge in [-0.05, 0) is 50.7 Å². The Bertz CT molecular complexity index is 514. The molecule has 0 bridgehead atoms. The number of pyridine rings is 1. The van der Waals surface area contributed by atoms with E-state index >= 15 is 0 Å². The molecule has 2 rings (SSSR count). The number of hydrogen-bond acceptors (Lipinski definition) is 2. The Balaban J connectivity index is 2.55. The average molecular weight is 247 g/mol. The largest absolute Gasteiger partial charge is 0.312 e. The van der Waals surface area contributed by atoms with Crippen molar-refractivity contribution in [3.8, 4) is 0 Å². The summed E-state index contributed by atoms with van der Waals surface area (Å²) in [5.41, 5.74) is 2.66. The molecule has 3 nitrogen and oxygen atoms in total. The highest BCUT2D eigenvalue weighted by molar-refractivity contribution is 5.93. The molecule has 1 aromatic rings. The molecule has 0 aromatic carbocycles. The van der Waals surface area contributed by atoms with Gasteiger partial charge in [-0.15, -0.1) is 0 Å². The minimum atomic E-state index is -0.112. The lowest BCUT2D eigenvalue weighted by molar-refractivity contribution is 0.101. The number of hydrogen-bond donors (Lipinski definition) is 0. The SMILES string of the molecule is CCCCn1c2c(cc(C(C)=O)c1=O)CCCC2. The van der Waals surface area contributed by atoms with Gasteiger partial charge < -0.3 is 4.57 Å². The highest BCUT2D eigenvalue weighted by atomic mass is 16.1. The number of aryl methyl sites for hydroxylation is 1. The monoisotopic (exact) mass is 247 g/mol. The second kappa shape index (κ2) is 5.51. The van der Waals surface area contributed by atoms with Gasteiger partial charge in [-0.1, -0.05) is 13.3 Å². The van der Waals surface area contributed by atoms with E-state index in [1.807, 2.05) is 10.6 Å². The predicted molar refractivity (Wildman–Crippen MR) is 72.3 cm³/mol. The van der Waals surface area contributed by atoms with E-state index in [0.717, 1.165) is 45.1 Å². The molecule has 0 atom stereocenters. The van der Waals surface area contributed by atoms with Gasteiger partial charge in [-0.3, -0.25) is 9.59 Å². The molecule has 1 heterocycles. The van der Waals surface area contributed by atoms with Crippen LogP contribution in [0.3, 0.4) is 0 Å². The fourth-order valence-electron chi connectivity index (χ4n) is 2.69. The van der Waals surface area contributed by atoms with Crippen LogP contribution in [0.2, 0.25) is 0 Å². The average Bonchev–Trinajstić information content (AvgIpc) is 2.37. The lowest BCUT2D eigenvalue weighted by atomic mass is 9.93. The van der Waals surface area contributed by atoms with Crippen molar-refractivity contribution in [1.82, 2.24) is 4.57 Å². The lowest BCUT2D eigenvalue weighted by Gasteiger charge is -2.22. The Labute approximate surface area is 108 Å². The van der Waals surface area contributed by atoms with Gasteiger partial charge >= 0.3 is 0 Å². The van der Waals surface area contributed by atoms with Gasteiger partial charge in [-0.25, -0.2) is 0 Å². The number of unbranched alkanes of at least 4 members (excludes halogenated alkanes) is 1. The summed E-state index contributed by atoms with van der Waals surface area (Å²) in [5, 5.41) is 0. The summed E-state index contributed by atoms with van der Waals surface area (Å²) in [6.45, 7) is 4.35. The molecule has 0 saturated heterocycles. The summed E-state index contributed by atoms with van der Waals surface area (Å²) in [7, 11) is 0. The number of nitrogens with zero attached hydrogens (tertiary/aromatic N) is 1. The minimum absolute atomic E-state index is 0.0865. The van der Waals surface area contributed by atoms with E-state index in [1.165, 1.54) is 18.2 Å². The van der Waals surface area contributed by atoms with Crippen LogP contribution in [0, 0.1) is 0 Å². The van der Waals surface area contributed by atoms with Crippen molar-refractivity contribution in [1.29, 1.82) is 0 Å². The number of aromatic nitrogens is 1. The molecule has 0 radical (unpaired) electrons. The van der Waals surface area contributed by atoms with E-state index < -0.39 is 0 Å². The van der Waals surface area contributed by atoms with E-state index in [4.69, 9.17) is 0 Å². The number of rotatable bonds is 4. The van der Waals surface area contributed by atoms with Crippen molar-refractivity contribution in [2.24, 2.45) is 0 Å². The van der Waals surface area contributed by atoms with Crippen molar-refractivity contribution >= 4 is 5.78 Å². The molecule has 0 spiro atoms. The Morgan fingerprint density at radius 1 is 1.33 bits per heavy atom. The minimum Gasteiger partial charge on any atom is -0.312 e. The maximum atomic E-state index is 12.3. The van der Waals surface area contributed by atoms with Crippen LogP contribution in [0.25, 0.3) is 0 Å². The van der Waals surface area contributed by atoms with Gasteiger partial charge in [0.1, 0.15) is 0 Å². The maximum Gasteiger partial charge on any atom is 0.261 e. The maximum absolute atomic E-state index is 12.3. The normalized spacial score (nSPS) is 14.3. The number of Topliss-reactive ketones (excluding diaryl/α,β-unsaturated/α-hetero) is 1. The third-order valence-electron chi connectivity index (χ3n) is 3.71. The van der Waals surface area contributed by atoms with Gasteiger partial charge in [0, 0.05) is 12.2 Å². The zero-order valence-electron chi connectivity index (χ0n) is 11.3. The summed E-state index contributed by atoms with van der Waals surface area (Å²) >= 11 is 0. The second-order valence-corrected chi connectivity index (χ2v) is 5.10. The first-order valence-electron chi connectivity index (χ1n) is 6.91. The fourth-order valence-corrected chi connectivity index (χ4v) is 2.69. The number of carbonyl (C=O) groups excluding carboxylic acids is 1. The van der Waals surface area contributed by atoms with Crippen molar-refractivity contribution in [3.05, 3.63) is 33.2 Å². The molecule has 0 fully saturated rings. The zero-order valence-corrected chi connectivity index (χ0v) is 11.3. The smallest absolute Gasteiger partial charge is 0.261 e. The van der Waals surface area contributed by atoms with Crippen LogP contribution in [-0.4, -0.2) is 10.4 Å². The Morgan fingerprint density at radius 2 is 2.06 bits per heavy atom. The molecule has 18 heavy (non-hydrogen) atoms. The first-order valence-corrected chi connectivity index (χ1v) is 6.91. The van der Waals surface area contributed by atoms with Crippen LogP contribution in [0.5, 0.6) is 0 Å². The molecule has 1 aromatic heterocycles. The molecule has 0 unspecified atom stereocenters. The number of carbonyl (C=O) groups is 1. The van der Waals surface area contributed by atoms with Crippen LogP contribution >= 0.6 is 0 Å². The van der Waals surface area contributed by atoms with E-state index in [9.17, 15) is 9.59 Å². The van der Waals surface area contributed by atoms with Gasteiger partial charge in [0.05, 0.1) is 5.56 Å². The first kappa shape index (κ1) is 13.1. The Kier molecular flexibility index (Phi) is 4.00. The second-order valence-electron chi connectivity index (χ2n) is 5.10. The van der Waals surface area contributed by atoms with Crippen molar-refractivity contribution in [3.63, 3.8) is 0 Å². The molecule has 1 aliphatic carbocycles. The summed E-state index contributed by atoms with van der Waals surface area (Å²) in [6.07, 6.45) is 6.35. The van der Waals surface area contributed by atoms with E-state index in [0.29, 0.717) is 5.56 Å². The molecular formula is C15H21NO2. The molecular weight excluding hydrogens is 226 g/mol. The molecule has 0 amide bonds. The van der Waals surface area contributed by atoms with Gasteiger partial charge in [-0.2, -0.15) is 0 Å². The van der Waals surface area contributed by atoms with Crippen LogP contribution < -0.4 is 5.56 Å². The van der Waals surface area contributed by atoms with Gasteiger partial charge in [0.2, 0.25) is 0 Å². The molecule has 0 aliphatic heterocycles. The van der Waals surface area contributed by atoms with E-state index in [2.05, 4.69) is 6.92 Å². The molecule has 1 aliphatic rings.